The number of carbonyl (C=O) groups excluding carboxylic acids is 1. The molecule has 2 aliphatic rings. The molecule has 0 aliphatic carbocycles. The van der Waals surface area contributed by atoms with Crippen LogP contribution in [0.3, 0.4) is 0 Å². The first-order valence-corrected chi connectivity index (χ1v) is 9.23. The Hall–Kier alpha value is -3.63. The molecule has 1 aromatic carbocycles. The second-order valence-corrected chi connectivity index (χ2v) is 7.29. The highest BCUT2D eigenvalue weighted by Crippen LogP contribution is 2.42. The second-order valence-electron chi connectivity index (χ2n) is 7.29. The molecule has 0 radical (unpaired) electrons. The SMILES string of the molecule is CC[C@@]1(O)C(=O)OCc2c1cc1n(c2=O)C(O)c2cc3c([N+](=O)[O-])cccc3nc2-1. The van der Waals surface area contributed by atoms with E-state index in [0.717, 1.165) is 4.57 Å². The summed E-state index contributed by atoms with van der Waals surface area (Å²) < 4.78 is 6.09. The van der Waals surface area contributed by atoms with Crippen LogP contribution in [0.2, 0.25) is 0 Å². The van der Waals surface area contributed by atoms with E-state index in [1.165, 1.54) is 24.3 Å². The number of esters is 1. The molecule has 0 fully saturated rings. The zero-order valence-electron chi connectivity index (χ0n) is 15.7. The van der Waals surface area contributed by atoms with Crippen LogP contribution >= 0.6 is 0 Å². The maximum atomic E-state index is 13.1. The zero-order chi connectivity index (χ0) is 21.4. The van der Waals surface area contributed by atoms with E-state index in [9.17, 15) is 29.9 Å². The van der Waals surface area contributed by atoms with Crippen molar-refractivity contribution in [2.75, 3.05) is 0 Å². The number of benzene rings is 1. The van der Waals surface area contributed by atoms with Crippen molar-refractivity contribution in [1.82, 2.24) is 9.55 Å². The number of nitrogens with zero attached hydrogens (tertiary/aromatic N) is 3. The molecular formula is C20H15N3O7. The van der Waals surface area contributed by atoms with Crippen LogP contribution < -0.4 is 5.56 Å². The highest BCUT2D eigenvalue weighted by molar-refractivity contribution is 5.91. The van der Waals surface area contributed by atoms with Crippen LogP contribution in [0.5, 0.6) is 0 Å². The molecule has 10 heteroatoms. The lowest BCUT2D eigenvalue weighted by Crippen LogP contribution is -2.44. The number of nitro benzene ring substituents is 1. The van der Waals surface area contributed by atoms with Crippen molar-refractivity contribution >= 4 is 22.6 Å². The molecular weight excluding hydrogens is 394 g/mol. The number of hydrogen-bond acceptors (Lipinski definition) is 8. The molecule has 0 saturated carbocycles. The van der Waals surface area contributed by atoms with Crippen molar-refractivity contribution in [2.24, 2.45) is 0 Å². The minimum atomic E-state index is -1.98. The topological polar surface area (TPSA) is 145 Å². The van der Waals surface area contributed by atoms with Gasteiger partial charge in [-0.1, -0.05) is 13.0 Å². The van der Waals surface area contributed by atoms with Crippen molar-refractivity contribution in [3.05, 3.63) is 67.5 Å². The molecule has 2 atom stereocenters. The number of cyclic esters (lactones) is 1. The third-order valence-corrected chi connectivity index (χ3v) is 5.81. The Morgan fingerprint density at radius 1 is 1.37 bits per heavy atom. The average Bonchev–Trinajstić information content (AvgIpc) is 3.00. The van der Waals surface area contributed by atoms with E-state index in [0.29, 0.717) is 5.52 Å². The van der Waals surface area contributed by atoms with Crippen LogP contribution in [-0.2, 0) is 21.7 Å². The smallest absolute Gasteiger partial charge is 0.343 e. The Labute approximate surface area is 168 Å². The summed E-state index contributed by atoms with van der Waals surface area (Å²) in [5.74, 6) is -0.845. The zero-order valence-corrected chi connectivity index (χ0v) is 15.7. The molecule has 1 unspecified atom stereocenters. The number of aliphatic hydroxyl groups is 2. The van der Waals surface area contributed by atoms with Gasteiger partial charge in [0.1, 0.15) is 6.61 Å². The lowest BCUT2D eigenvalue weighted by atomic mass is 9.86. The van der Waals surface area contributed by atoms with Gasteiger partial charge < -0.3 is 14.9 Å². The van der Waals surface area contributed by atoms with Crippen LogP contribution in [0.4, 0.5) is 5.69 Å². The molecule has 2 aromatic heterocycles. The van der Waals surface area contributed by atoms with E-state index >= 15 is 0 Å². The van der Waals surface area contributed by atoms with Gasteiger partial charge in [-0.3, -0.25) is 19.5 Å². The first-order valence-electron chi connectivity index (χ1n) is 9.23. The van der Waals surface area contributed by atoms with Crippen LogP contribution in [0.1, 0.15) is 36.3 Å². The maximum Gasteiger partial charge on any atom is 0.343 e. The van der Waals surface area contributed by atoms with Crippen LogP contribution in [-0.4, -0.2) is 30.7 Å². The number of nitro groups is 1. The fourth-order valence-corrected chi connectivity index (χ4v) is 4.19. The number of aromatic nitrogens is 2. The Balaban J connectivity index is 1.84. The normalized spacial score (nSPS) is 21.7. The predicted molar refractivity (Wildman–Crippen MR) is 102 cm³/mol. The molecule has 30 heavy (non-hydrogen) atoms. The molecule has 10 nitrogen and oxygen atoms in total. The van der Waals surface area contributed by atoms with Crippen molar-refractivity contribution in [1.29, 1.82) is 0 Å². The number of pyridine rings is 2. The second kappa shape index (κ2) is 5.94. The van der Waals surface area contributed by atoms with Gasteiger partial charge in [0.2, 0.25) is 0 Å². The molecule has 0 spiro atoms. The quantitative estimate of drug-likeness (QED) is 0.368. The minimum absolute atomic E-state index is 0.00548. The lowest BCUT2D eigenvalue weighted by molar-refractivity contribution is -0.383. The fourth-order valence-electron chi connectivity index (χ4n) is 4.19. The van der Waals surface area contributed by atoms with Gasteiger partial charge in [-0.25, -0.2) is 9.78 Å². The predicted octanol–water partition coefficient (Wildman–Crippen LogP) is 1.48. The average molecular weight is 409 g/mol. The summed E-state index contributed by atoms with van der Waals surface area (Å²) in [6.07, 6.45) is -1.43. The van der Waals surface area contributed by atoms with Gasteiger partial charge >= 0.3 is 5.97 Å². The highest BCUT2D eigenvalue weighted by Gasteiger charge is 2.46. The Morgan fingerprint density at radius 2 is 2.13 bits per heavy atom. The summed E-state index contributed by atoms with van der Waals surface area (Å²) in [6.45, 7) is 1.27. The highest BCUT2D eigenvalue weighted by atomic mass is 16.6. The number of aliphatic hydroxyl groups excluding tert-OH is 1. The van der Waals surface area contributed by atoms with E-state index in [4.69, 9.17) is 4.74 Å². The standard InChI is InChI=1S/C20H15N3O7/c1-2-20(27)12-7-15-16-10(6-9-13(21-16)4-3-5-14(9)23(28)29)17(24)22(15)18(25)11(12)8-30-19(20)26/h3-7,17,24,27H,2,8H2,1H3/t17?,20-/m0/s1. The van der Waals surface area contributed by atoms with E-state index < -0.39 is 28.3 Å². The van der Waals surface area contributed by atoms with Gasteiger partial charge in [0.05, 0.1) is 32.8 Å². The number of ether oxygens (including phenoxy) is 1. The maximum absolute atomic E-state index is 13.1. The summed E-state index contributed by atoms with van der Waals surface area (Å²) >= 11 is 0. The third-order valence-electron chi connectivity index (χ3n) is 5.81. The van der Waals surface area contributed by atoms with Gasteiger partial charge in [0, 0.05) is 17.2 Å². The summed E-state index contributed by atoms with van der Waals surface area (Å²) in [4.78, 5) is 40.6. The van der Waals surface area contributed by atoms with E-state index in [2.05, 4.69) is 4.98 Å². The van der Waals surface area contributed by atoms with Crippen LogP contribution in [0.25, 0.3) is 22.3 Å². The van der Waals surface area contributed by atoms with Gasteiger partial charge in [-0.15, -0.1) is 0 Å². The van der Waals surface area contributed by atoms with Gasteiger partial charge in [0.25, 0.3) is 11.2 Å². The number of rotatable bonds is 2. The summed E-state index contributed by atoms with van der Waals surface area (Å²) in [5.41, 5.74) is -1.55. The van der Waals surface area contributed by atoms with E-state index in [1.54, 1.807) is 13.0 Å². The molecule has 2 aliphatic heterocycles. The lowest BCUT2D eigenvalue weighted by Gasteiger charge is -2.31. The molecule has 4 heterocycles. The largest absolute Gasteiger partial charge is 0.458 e. The monoisotopic (exact) mass is 409 g/mol. The van der Waals surface area contributed by atoms with E-state index in [-0.39, 0.29) is 52.2 Å². The fraction of sp³-hybridized carbons (Fsp3) is 0.250. The minimum Gasteiger partial charge on any atom is -0.458 e. The molecule has 0 bridgehead atoms. The molecule has 5 rings (SSSR count). The summed E-state index contributed by atoms with van der Waals surface area (Å²) in [5, 5.41) is 33.3. The Bertz CT molecular complexity index is 1350. The van der Waals surface area contributed by atoms with Crippen molar-refractivity contribution in [3.8, 4) is 11.4 Å². The molecule has 2 N–H and O–H groups in total. The third kappa shape index (κ3) is 2.17. The first-order chi connectivity index (χ1) is 14.3. The van der Waals surface area contributed by atoms with Crippen molar-refractivity contribution in [2.45, 2.75) is 31.8 Å². The van der Waals surface area contributed by atoms with Gasteiger partial charge in [-0.05, 0) is 24.6 Å². The van der Waals surface area contributed by atoms with Crippen LogP contribution in [0.15, 0.2) is 35.1 Å². The summed E-state index contributed by atoms with van der Waals surface area (Å²) in [6, 6.07) is 7.33. The Kier molecular flexibility index (Phi) is 3.64. The number of hydrogen-bond donors (Lipinski definition) is 2. The first kappa shape index (κ1) is 18.4. The Morgan fingerprint density at radius 3 is 2.83 bits per heavy atom. The van der Waals surface area contributed by atoms with Crippen molar-refractivity contribution in [3.63, 3.8) is 0 Å². The molecule has 3 aromatic rings. The van der Waals surface area contributed by atoms with E-state index in [1.807, 2.05) is 0 Å². The molecule has 152 valence electrons. The molecule has 0 saturated heterocycles. The molecule has 0 amide bonds. The van der Waals surface area contributed by atoms with Crippen molar-refractivity contribution < 1.29 is 24.7 Å². The van der Waals surface area contributed by atoms with Crippen LogP contribution in [0, 0.1) is 10.1 Å². The number of fused-ring (bicyclic) bond motifs is 5. The summed E-state index contributed by atoms with van der Waals surface area (Å²) in [7, 11) is 0. The number of carbonyl (C=O) groups is 1. The number of non-ortho nitro benzene ring substituents is 1. The van der Waals surface area contributed by atoms with Gasteiger partial charge in [-0.2, -0.15) is 0 Å². The van der Waals surface area contributed by atoms with Gasteiger partial charge in [0.15, 0.2) is 11.8 Å².